The maximum Gasteiger partial charge on any atom is 0.241 e. The van der Waals surface area contributed by atoms with Crippen LogP contribution in [-0.4, -0.2) is 11.9 Å². The molecule has 1 aromatic carbocycles. The Morgan fingerprint density at radius 3 is 2.47 bits per heavy atom. The van der Waals surface area contributed by atoms with Gasteiger partial charge >= 0.3 is 0 Å². The highest BCUT2D eigenvalue weighted by atomic mass is 19.2. The van der Waals surface area contributed by atoms with Crippen LogP contribution in [0.1, 0.15) is 13.8 Å². The normalized spacial score (nSPS) is 12.6. The van der Waals surface area contributed by atoms with E-state index in [1.54, 1.807) is 13.8 Å². The summed E-state index contributed by atoms with van der Waals surface area (Å²) in [4.78, 5) is 11.6. The molecule has 0 radical (unpaired) electrons. The van der Waals surface area contributed by atoms with E-state index in [0.29, 0.717) is 0 Å². The third kappa shape index (κ3) is 2.91. The van der Waals surface area contributed by atoms with Gasteiger partial charge in [-0.3, -0.25) is 4.79 Å². The van der Waals surface area contributed by atoms with E-state index in [4.69, 9.17) is 11.5 Å². The lowest BCUT2D eigenvalue weighted by Gasteiger charge is -2.16. The van der Waals surface area contributed by atoms with Crippen LogP contribution in [0.4, 0.5) is 20.2 Å². The van der Waals surface area contributed by atoms with Gasteiger partial charge in [-0.1, -0.05) is 13.8 Å². The Morgan fingerprint density at radius 2 is 1.94 bits per heavy atom. The smallest absolute Gasteiger partial charge is 0.241 e. The quantitative estimate of drug-likeness (QED) is 0.703. The second-order valence-electron chi connectivity index (χ2n) is 4.08. The molecule has 0 aliphatic rings. The number of halogens is 2. The van der Waals surface area contributed by atoms with E-state index in [-0.39, 0.29) is 11.6 Å². The highest BCUT2D eigenvalue weighted by Gasteiger charge is 2.19. The summed E-state index contributed by atoms with van der Waals surface area (Å²) in [6, 6.07) is 1.35. The third-order valence-electron chi connectivity index (χ3n) is 2.41. The van der Waals surface area contributed by atoms with Crippen LogP contribution in [0.5, 0.6) is 0 Å². The molecule has 6 heteroatoms. The second-order valence-corrected chi connectivity index (χ2v) is 4.08. The summed E-state index contributed by atoms with van der Waals surface area (Å²) in [6.45, 7) is 3.55. The van der Waals surface area contributed by atoms with E-state index < -0.39 is 29.3 Å². The highest BCUT2D eigenvalue weighted by Crippen LogP contribution is 2.24. The number of carbonyl (C=O) groups is 1. The fourth-order valence-corrected chi connectivity index (χ4v) is 1.19. The Balaban J connectivity index is 2.90. The Kier molecular flexibility index (Phi) is 4.01. The van der Waals surface area contributed by atoms with Crippen molar-refractivity contribution in [3.8, 4) is 0 Å². The van der Waals surface area contributed by atoms with Gasteiger partial charge in [-0.2, -0.15) is 0 Å². The lowest BCUT2D eigenvalue weighted by molar-refractivity contribution is -0.118. The van der Waals surface area contributed by atoms with Crippen molar-refractivity contribution >= 4 is 17.3 Å². The zero-order chi connectivity index (χ0) is 13.2. The molecule has 0 saturated carbocycles. The van der Waals surface area contributed by atoms with Gasteiger partial charge in [-0.25, -0.2) is 8.78 Å². The number of anilines is 2. The van der Waals surface area contributed by atoms with E-state index in [9.17, 15) is 13.6 Å². The van der Waals surface area contributed by atoms with Crippen molar-refractivity contribution in [1.29, 1.82) is 0 Å². The molecule has 1 amide bonds. The summed E-state index contributed by atoms with van der Waals surface area (Å²) >= 11 is 0. The molecule has 4 nitrogen and oxygen atoms in total. The van der Waals surface area contributed by atoms with Crippen molar-refractivity contribution in [3.63, 3.8) is 0 Å². The Labute approximate surface area is 98.0 Å². The number of nitrogen functional groups attached to an aromatic ring is 1. The van der Waals surface area contributed by atoms with E-state index in [1.165, 1.54) is 6.07 Å². The fourth-order valence-electron chi connectivity index (χ4n) is 1.19. The zero-order valence-corrected chi connectivity index (χ0v) is 9.63. The number of benzene rings is 1. The maximum absolute atomic E-state index is 13.1. The van der Waals surface area contributed by atoms with Gasteiger partial charge in [0.15, 0.2) is 11.6 Å². The van der Waals surface area contributed by atoms with Crippen LogP contribution in [0.2, 0.25) is 0 Å². The molecule has 1 unspecified atom stereocenters. The van der Waals surface area contributed by atoms with Crippen LogP contribution in [-0.2, 0) is 4.79 Å². The van der Waals surface area contributed by atoms with Gasteiger partial charge in [-0.15, -0.1) is 0 Å². The van der Waals surface area contributed by atoms with Crippen LogP contribution < -0.4 is 16.8 Å². The van der Waals surface area contributed by atoms with Gasteiger partial charge in [0.1, 0.15) is 0 Å². The van der Waals surface area contributed by atoms with Gasteiger partial charge in [0.25, 0.3) is 0 Å². The summed E-state index contributed by atoms with van der Waals surface area (Å²) in [5, 5.41) is 2.36. The number of hydrogen-bond acceptors (Lipinski definition) is 3. The van der Waals surface area contributed by atoms with E-state index in [2.05, 4.69) is 5.32 Å². The van der Waals surface area contributed by atoms with E-state index in [0.717, 1.165) is 6.07 Å². The Bertz CT molecular complexity index is 435. The first-order valence-corrected chi connectivity index (χ1v) is 5.14. The SMILES string of the molecule is CC(C)C(N)C(=O)Nc1ccc(F)c(F)c1N. The van der Waals surface area contributed by atoms with Crippen molar-refractivity contribution in [3.05, 3.63) is 23.8 Å². The number of nitrogens with one attached hydrogen (secondary N) is 1. The average Bonchev–Trinajstić information content (AvgIpc) is 2.28. The first kappa shape index (κ1) is 13.4. The number of rotatable bonds is 3. The van der Waals surface area contributed by atoms with Crippen molar-refractivity contribution in [2.75, 3.05) is 11.1 Å². The highest BCUT2D eigenvalue weighted by molar-refractivity contribution is 5.97. The molecule has 0 aliphatic carbocycles. The molecule has 17 heavy (non-hydrogen) atoms. The van der Waals surface area contributed by atoms with Crippen molar-refractivity contribution in [1.82, 2.24) is 0 Å². The largest absolute Gasteiger partial charge is 0.395 e. The lowest BCUT2D eigenvalue weighted by Crippen LogP contribution is -2.39. The topological polar surface area (TPSA) is 81.1 Å². The molecule has 94 valence electrons. The van der Waals surface area contributed by atoms with Crippen LogP contribution in [0.25, 0.3) is 0 Å². The Morgan fingerprint density at radius 1 is 1.35 bits per heavy atom. The Hall–Kier alpha value is -1.69. The molecular formula is C11H15F2N3O. The molecule has 0 saturated heterocycles. The molecule has 0 heterocycles. The minimum Gasteiger partial charge on any atom is -0.395 e. The maximum atomic E-state index is 13.1. The molecule has 5 N–H and O–H groups in total. The van der Waals surface area contributed by atoms with Gasteiger partial charge in [-0.05, 0) is 18.1 Å². The van der Waals surface area contributed by atoms with E-state index in [1.807, 2.05) is 0 Å². The molecular weight excluding hydrogens is 228 g/mol. The average molecular weight is 243 g/mol. The standard InChI is InChI=1S/C11H15F2N3O/c1-5(2)9(14)11(17)16-7-4-3-6(12)8(13)10(7)15/h3-5,9H,14-15H2,1-2H3,(H,16,17). The summed E-state index contributed by atoms with van der Waals surface area (Å²) in [6.07, 6.45) is 0. The van der Waals surface area contributed by atoms with Gasteiger partial charge < -0.3 is 16.8 Å². The molecule has 1 aromatic rings. The first-order valence-electron chi connectivity index (χ1n) is 5.14. The molecule has 0 aromatic heterocycles. The molecule has 1 rings (SSSR count). The third-order valence-corrected chi connectivity index (χ3v) is 2.41. The lowest BCUT2D eigenvalue weighted by atomic mass is 10.0. The predicted molar refractivity (Wildman–Crippen MR) is 62.2 cm³/mol. The van der Waals surface area contributed by atoms with E-state index >= 15 is 0 Å². The van der Waals surface area contributed by atoms with Crippen LogP contribution >= 0.6 is 0 Å². The van der Waals surface area contributed by atoms with Crippen molar-refractivity contribution in [2.45, 2.75) is 19.9 Å². The minimum atomic E-state index is -1.18. The monoisotopic (exact) mass is 243 g/mol. The summed E-state index contributed by atoms with van der Waals surface area (Å²) in [7, 11) is 0. The number of amides is 1. The molecule has 1 atom stereocenters. The van der Waals surface area contributed by atoms with Crippen molar-refractivity contribution < 1.29 is 13.6 Å². The van der Waals surface area contributed by atoms with Gasteiger partial charge in [0, 0.05) is 0 Å². The van der Waals surface area contributed by atoms with Gasteiger partial charge in [0.2, 0.25) is 5.91 Å². The minimum absolute atomic E-state index is 0.0185. The molecule has 0 spiro atoms. The molecule has 0 bridgehead atoms. The molecule has 0 fully saturated rings. The molecule has 0 aliphatic heterocycles. The second kappa shape index (κ2) is 5.09. The summed E-state index contributed by atoms with van der Waals surface area (Å²) in [5.41, 5.74) is 10.5. The first-order chi connectivity index (χ1) is 7.84. The van der Waals surface area contributed by atoms with Crippen molar-refractivity contribution in [2.24, 2.45) is 11.7 Å². The summed E-state index contributed by atoms with van der Waals surface area (Å²) in [5.74, 6) is -2.80. The van der Waals surface area contributed by atoms with Crippen LogP contribution in [0.15, 0.2) is 12.1 Å². The number of carbonyl (C=O) groups excluding carboxylic acids is 1. The summed E-state index contributed by atoms with van der Waals surface area (Å²) < 4.78 is 25.9. The van der Waals surface area contributed by atoms with Gasteiger partial charge in [0.05, 0.1) is 17.4 Å². The number of nitrogens with two attached hydrogens (primary N) is 2. The fraction of sp³-hybridized carbons (Fsp3) is 0.364. The zero-order valence-electron chi connectivity index (χ0n) is 9.63. The number of hydrogen-bond donors (Lipinski definition) is 3. The van der Waals surface area contributed by atoms with Crippen LogP contribution in [0.3, 0.4) is 0 Å². The van der Waals surface area contributed by atoms with Crippen LogP contribution in [0, 0.1) is 17.6 Å². The predicted octanol–water partition coefficient (Wildman–Crippen LogP) is 1.47.